The van der Waals surface area contributed by atoms with Crippen molar-refractivity contribution in [3.63, 3.8) is 0 Å². The highest BCUT2D eigenvalue weighted by molar-refractivity contribution is 7.90. The molecule has 22 heavy (non-hydrogen) atoms. The van der Waals surface area contributed by atoms with E-state index in [4.69, 9.17) is 0 Å². The van der Waals surface area contributed by atoms with Gasteiger partial charge in [-0.25, -0.2) is 12.4 Å². The monoisotopic (exact) mass is 315 g/mol. The van der Waals surface area contributed by atoms with Crippen molar-refractivity contribution in [2.45, 2.75) is 11.8 Å². The molecule has 0 atom stereocenters. The number of benzene rings is 2. The molecule has 0 saturated heterocycles. The van der Waals surface area contributed by atoms with Crippen molar-refractivity contribution in [1.29, 1.82) is 0 Å². The standard InChI is InChI=1S/C15H14BNO4S/c1-11-5-7-12(8-6-11)22(20,21)17-10-9-13-14(16(18)19)3-2-4-15(13)17/h2-10,18-19H,1H3. The molecule has 0 radical (unpaired) electrons. The van der Waals surface area contributed by atoms with Gasteiger partial charge in [-0.1, -0.05) is 29.8 Å². The minimum Gasteiger partial charge on any atom is -0.423 e. The van der Waals surface area contributed by atoms with Crippen molar-refractivity contribution in [3.8, 4) is 0 Å². The highest BCUT2D eigenvalue weighted by atomic mass is 32.2. The molecular weight excluding hydrogens is 301 g/mol. The highest BCUT2D eigenvalue weighted by Crippen LogP contribution is 2.21. The van der Waals surface area contributed by atoms with Gasteiger partial charge in [-0.3, -0.25) is 0 Å². The second kappa shape index (κ2) is 5.28. The fraction of sp³-hybridized carbons (Fsp3) is 0.0667. The first-order valence-electron chi connectivity index (χ1n) is 6.69. The number of fused-ring (bicyclic) bond motifs is 1. The van der Waals surface area contributed by atoms with Crippen LogP contribution in [0.25, 0.3) is 10.9 Å². The van der Waals surface area contributed by atoms with E-state index in [-0.39, 0.29) is 10.4 Å². The van der Waals surface area contributed by atoms with E-state index in [9.17, 15) is 18.5 Å². The van der Waals surface area contributed by atoms with Crippen LogP contribution in [0.15, 0.2) is 59.6 Å². The van der Waals surface area contributed by atoms with Crippen LogP contribution in [0, 0.1) is 6.92 Å². The summed E-state index contributed by atoms with van der Waals surface area (Å²) >= 11 is 0. The maximum atomic E-state index is 12.7. The van der Waals surface area contributed by atoms with Crippen molar-refractivity contribution >= 4 is 33.5 Å². The zero-order chi connectivity index (χ0) is 15.9. The Labute approximate surface area is 128 Å². The van der Waals surface area contributed by atoms with Crippen LogP contribution >= 0.6 is 0 Å². The lowest BCUT2D eigenvalue weighted by atomic mass is 9.78. The fourth-order valence-electron chi connectivity index (χ4n) is 2.43. The molecule has 0 saturated carbocycles. The molecule has 0 amide bonds. The van der Waals surface area contributed by atoms with Crippen molar-refractivity contribution in [2.24, 2.45) is 0 Å². The van der Waals surface area contributed by atoms with Gasteiger partial charge >= 0.3 is 7.12 Å². The third-order valence-electron chi connectivity index (χ3n) is 3.59. The first-order valence-corrected chi connectivity index (χ1v) is 8.13. The minimum atomic E-state index is -3.73. The molecule has 1 heterocycles. The maximum Gasteiger partial charge on any atom is 0.489 e. The van der Waals surface area contributed by atoms with Gasteiger partial charge in [0.1, 0.15) is 0 Å². The van der Waals surface area contributed by atoms with E-state index in [1.54, 1.807) is 48.5 Å². The predicted molar refractivity (Wildman–Crippen MR) is 85.5 cm³/mol. The largest absolute Gasteiger partial charge is 0.489 e. The van der Waals surface area contributed by atoms with Gasteiger partial charge in [-0.15, -0.1) is 0 Å². The van der Waals surface area contributed by atoms with Crippen LogP contribution < -0.4 is 5.46 Å². The van der Waals surface area contributed by atoms with Crippen LogP contribution in [0.4, 0.5) is 0 Å². The summed E-state index contributed by atoms with van der Waals surface area (Å²) in [6, 6.07) is 12.9. The first-order chi connectivity index (χ1) is 10.4. The second-order valence-corrected chi connectivity index (χ2v) is 6.90. The second-order valence-electron chi connectivity index (χ2n) is 5.08. The predicted octanol–water partition coefficient (Wildman–Crippen LogP) is 0.867. The fourth-order valence-corrected chi connectivity index (χ4v) is 3.77. The van der Waals surface area contributed by atoms with Gasteiger partial charge in [0.05, 0.1) is 10.4 Å². The van der Waals surface area contributed by atoms with E-state index in [0.717, 1.165) is 9.54 Å². The summed E-state index contributed by atoms with van der Waals surface area (Å²) in [5.74, 6) is 0. The molecule has 112 valence electrons. The van der Waals surface area contributed by atoms with E-state index in [1.165, 1.54) is 6.20 Å². The molecule has 1 aromatic heterocycles. The van der Waals surface area contributed by atoms with Crippen LogP contribution in [0.2, 0.25) is 0 Å². The minimum absolute atomic E-state index is 0.186. The molecule has 5 nitrogen and oxygen atoms in total. The molecule has 0 bridgehead atoms. The van der Waals surface area contributed by atoms with E-state index < -0.39 is 17.1 Å². The normalized spacial score (nSPS) is 11.8. The lowest BCUT2D eigenvalue weighted by Gasteiger charge is -2.09. The lowest BCUT2D eigenvalue weighted by Crippen LogP contribution is -2.30. The van der Waals surface area contributed by atoms with Crippen LogP contribution in [-0.2, 0) is 10.0 Å². The number of aromatic nitrogens is 1. The third-order valence-corrected chi connectivity index (χ3v) is 5.29. The van der Waals surface area contributed by atoms with E-state index in [1.807, 2.05) is 6.92 Å². The van der Waals surface area contributed by atoms with Crippen LogP contribution in [0.5, 0.6) is 0 Å². The molecule has 2 aromatic carbocycles. The molecule has 0 fully saturated rings. The van der Waals surface area contributed by atoms with E-state index in [0.29, 0.717) is 10.9 Å². The number of aryl methyl sites for hydroxylation is 1. The third kappa shape index (κ3) is 2.33. The first kappa shape index (κ1) is 14.8. The van der Waals surface area contributed by atoms with Gasteiger partial charge in [0, 0.05) is 11.6 Å². The summed E-state index contributed by atoms with van der Waals surface area (Å²) < 4.78 is 26.6. The topological polar surface area (TPSA) is 79.5 Å². The number of hydrogen-bond donors (Lipinski definition) is 2. The number of hydrogen-bond acceptors (Lipinski definition) is 4. The zero-order valence-corrected chi connectivity index (χ0v) is 12.7. The average molecular weight is 315 g/mol. The molecule has 0 aliphatic rings. The molecule has 2 N–H and O–H groups in total. The molecule has 0 spiro atoms. The van der Waals surface area contributed by atoms with Gasteiger partial charge in [-0.2, -0.15) is 0 Å². The maximum absolute atomic E-state index is 12.7. The Morgan fingerprint density at radius 2 is 1.68 bits per heavy atom. The smallest absolute Gasteiger partial charge is 0.423 e. The van der Waals surface area contributed by atoms with Gasteiger partial charge < -0.3 is 10.0 Å². The van der Waals surface area contributed by atoms with Gasteiger partial charge in [0.2, 0.25) is 0 Å². The number of nitrogens with zero attached hydrogens (tertiary/aromatic N) is 1. The van der Waals surface area contributed by atoms with Gasteiger partial charge in [0.25, 0.3) is 10.0 Å². The van der Waals surface area contributed by atoms with Gasteiger partial charge in [-0.05, 0) is 36.7 Å². The Morgan fingerprint density at radius 1 is 1.00 bits per heavy atom. The summed E-state index contributed by atoms with van der Waals surface area (Å²) in [5.41, 5.74) is 1.66. The molecule has 3 rings (SSSR count). The van der Waals surface area contributed by atoms with Crippen molar-refractivity contribution in [2.75, 3.05) is 0 Å². The Bertz CT molecular complexity index is 930. The van der Waals surface area contributed by atoms with Crippen LogP contribution in [0.3, 0.4) is 0 Å². The van der Waals surface area contributed by atoms with Crippen molar-refractivity contribution in [1.82, 2.24) is 3.97 Å². The molecule has 7 heteroatoms. The number of rotatable bonds is 3. The highest BCUT2D eigenvalue weighted by Gasteiger charge is 2.22. The van der Waals surface area contributed by atoms with Crippen LogP contribution in [-0.4, -0.2) is 29.6 Å². The Hall–Kier alpha value is -2.09. The molecule has 3 aromatic rings. The SMILES string of the molecule is Cc1ccc(S(=O)(=O)n2ccc3c(B(O)O)cccc32)cc1. The zero-order valence-electron chi connectivity index (χ0n) is 11.8. The van der Waals surface area contributed by atoms with E-state index >= 15 is 0 Å². The summed E-state index contributed by atoms with van der Waals surface area (Å²) in [6.45, 7) is 1.89. The van der Waals surface area contributed by atoms with E-state index in [2.05, 4.69) is 0 Å². The molecule has 0 aliphatic carbocycles. The summed E-state index contributed by atoms with van der Waals surface area (Å²) in [4.78, 5) is 0.186. The Balaban J connectivity index is 2.22. The summed E-state index contributed by atoms with van der Waals surface area (Å²) in [5, 5.41) is 19.3. The lowest BCUT2D eigenvalue weighted by molar-refractivity contribution is 0.426. The molecular formula is C15H14BNO4S. The quantitative estimate of drug-likeness (QED) is 0.703. The van der Waals surface area contributed by atoms with Crippen LogP contribution in [0.1, 0.15) is 5.56 Å². The van der Waals surface area contributed by atoms with Crippen molar-refractivity contribution < 1.29 is 18.5 Å². The molecule has 0 aliphatic heterocycles. The summed E-state index contributed by atoms with van der Waals surface area (Å²) in [7, 11) is -5.38. The average Bonchev–Trinajstić information content (AvgIpc) is 2.92. The van der Waals surface area contributed by atoms with Crippen molar-refractivity contribution in [3.05, 3.63) is 60.3 Å². The molecule has 0 unspecified atom stereocenters. The summed E-state index contributed by atoms with van der Waals surface area (Å²) in [6.07, 6.45) is 1.42. The van der Waals surface area contributed by atoms with Gasteiger partial charge in [0.15, 0.2) is 0 Å². The Kier molecular flexibility index (Phi) is 3.56. The Morgan fingerprint density at radius 3 is 2.32 bits per heavy atom.